The van der Waals surface area contributed by atoms with Gasteiger partial charge in [0.1, 0.15) is 11.2 Å². The lowest BCUT2D eigenvalue weighted by molar-refractivity contribution is -0.127. The van der Waals surface area contributed by atoms with Gasteiger partial charge in [-0.3, -0.25) is 4.79 Å². The molecule has 0 heterocycles. The fourth-order valence-corrected chi connectivity index (χ4v) is 1.60. The van der Waals surface area contributed by atoms with Crippen LogP contribution < -0.4 is 5.32 Å². The minimum Gasteiger partial charge on any atom is -0.444 e. The van der Waals surface area contributed by atoms with Crippen LogP contribution in [-0.2, 0) is 14.3 Å². The molecule has 0 saturated carbocycles. The SMILES string of the molecule is CC(=O)N(C)CCN(C)C(=O)OC(C)(C)C.CNCCN(C)C(=O)OC(C)(C)C. The molecule has 0 spiro atoms. The Labute approximate surface area is 176 Å². The Hall–Kier alpha value is -2.03. The molecule has 0 bridgehead atoms. The average molecular weight is 419 g/mol. The van der Waals surface area contributed by atoms with E-state index < -0.39 is 11.2 Å². The number of rotatable bonds is 6. The van der Waals surface area contributed by atoms with E-state index in [1.165, 1.54) is 11.8 Å². The van der Waals surface area contributed by atoms with E-state index in [2.05, 4.69) is 5.32 Å². The molecule has 3 amide bonds. The Balaban J connectivity index is 0. The maximum atomic E-state index is 11.5. The first-order chi connectivity index (χ1) is 13.0. The van der Waals surface area contributed by atoms with Crippen LogP contribution in [0.2, 0.25) is 0 Å². The third-order valence-corrected chi connectivity index (χ3v) is 3.42. The second-order valence-electron chi connectivity index (χ2n) is 8.85. The van der Waals surface area contributed by atoms with Gasteiger partial charge in [-0.25, -0.2) is 9.59 Å². The standard InChI is InChI=1S/C11H22N2O3.C9H20N2O2/c1-9(14)12(5)7-8-13(6)10(15)16-11(2,3)4;1-9(2,3)13-8(12)11(5)7-6-10-4/h7-8H2,1-6H3;10H,6-7H2,1-5H3. The molecule has 0 radical (unpaired) electrons. The van der Waals surface area contributed by atoms with Crippen molar-refractivity contribution in [1.29, 1.82) is 0 Å². The van der Waals surface area contributed by atoms with Gasteiger partial charge in [0.05, 0.1) is 0 Å². The van der Waals surface area contributed by atoms with Crippen LogP contribution in [0.25, 0.3) is 0 Å². The van der Waals surface area contributed by atoms with Crippen molar-refractivity contribution >= 4 is 18.1 Å². The second-order valence-corrected chi connectivity index (χ2v) is 8.85. The highest BCUT2D eigenvalue weighted by atomic mass is 16.6. The molecule has 0 aromatic heterocycles. The number of likely N-dealkylation sites (N-methyl/N-ethyl adjacent to an activating group) is 4. The number of nitrogens with zero attached hydrogens (tertiary/aromatic N) is 3. The average Bonchev–Trinajstić information content (AvgIpc) is 2.54. The molecule has 0 rings (SSSR count). The van der Waals surface area contributed by atoms with E-state index in [1.54, 1.807) is 30.9 Å². The Morgan fingerprint density at radius 1 is 0.724 bits per heavy atom. The van der Waals surface area contributed by atoms with Crippen LogP contribution in [0.15, 0.2) is 0 Å². The molecule has 172 valence electrons. The smallest absolute Gasteiger partial charge is 0.410 e. The molecule has 1 N–H and O–H groups in total. The molecule has 0 atom stereocenters. The van der Waals surface area contributed by atoms with Gasteiger partial charge in [-0.05, 0) is 48.6 Å². The van der Waals surface area contributed by atoms with Crippen LogP contribution >= 0.6 is 0 Å². The zero-order valence-corrected chi connectivity index (χ0v) is 20.2. The van der Waals surface area contributed by atoms with Crippen LogP contribution in [-0.4, -0.2) is 98.4 Å². The Kier molecular flexibility index (Phi) is 13.3. The van der Waals surface area contributed by atoms with Gasteiger partial charge < -0.3 is 29.5 Å². The monoisotopic (exact) mass is 418 g/mol. The van der Waals surface area contributed by atoms with Gasteiger partial charge in [0.15, 0.2) is 0 Å². The van der Waals surface area contributed by atoms with E-state index in [4.69, 9.17) is 9.47 Å². The number of carbonyl (C=O) groups excluding carboxylic acids is 3. The van der Waals surface area contributed by atoms with Crippen molar-refractivity contribution in [3.05, 3.63) is 0 Å². The van der Waals surface area contributed by atoms with Gasteiger partial charge in [-0.1, -0.05) is 0 Å². The van der Waals surface area contributed by atoms with Crippen LogP contribution in [0, 0.1) is 0 Å². The highest BCUT2D eigenvalue weighted by molar-refractivity contribution is 5.73. The van der Waals surface area contributed by atoms with E-state index in [9.17, 15) is 14.4 Å². The fraction of sp³-hybridized carbons (Fsp3) is 0.850. The topological polar surface area (TPSA) is 91.4 Å². The van der Waals surface area contributed by atoms with Gasteiger partial charge in [-0.2, -0.15) is 0 Å². The van der Waals surface area contributed by atoms with Gasteiger partial charge in [0, 0.05) is 54.2 Å². The van der Waals surface area contributed by atoms with Gasteiger partial charge in [0.2, 0.25) is 5.91 Å². The van der Waals surface area contributed by atoms with E-state index >= 15 is 0 Å². The summed E-state index contributed by atoms with van der Waals surface area (Å²) in [6.45, 7) is 14.9. The van der Waals surface area contributed by atoms with Gasteiger partial charge in [-0.15, -0.1) is 0 Å². The molecule has 29 heavy (non-hydrogen) atoms. The van der Waals surface area contributed by atoms with E-state index in [0.29, 0.717) is 19.6 Å². The molecule has 9 heteroatoms. The van der Waals surface area contributed by atoms with E-state index in [0.717, 1.165) is 6.54 Å². The van der Waals surface area contributed by atoms with E-state index in [1.807, 2.05) is 48.6 Å². The summed E-state index contributed by atoms with van der Waals surface area (Å²) in [7, 11) is 6.93. The molecule has 9 nitrogen and oxygen atoms in total. The lowest BCUT2D eigenvalue weighted by Gasteiger charge is -2.26. The number of hydrogen-bond acceptors (Lipinski definition) is 6. The molecule has 0 aliphatic rings. The van der Waals surface area contributed by atoms with Gasteiger partial charge in [0.25, 0.3) is 0 Å². The summed E-state index contributed by atoms with van der Waals surface area (Å²) >= 11 is 0. The predicted octanol–water partition coefficient (Wildman–Crippen LogP) is 2.40. The number of carbonyl (C=O) groups is 3. The fourth-order valence-electron chi connectivity index (χ4n) is 1.60. The summed E-state index contributed by atoms with van der Waals surface area (Å²) in [6.07, 6.45) is -0.646. The molecule has 0 aromatic rings. The highest BCUT2D eigenvalue weighted by Gasteiger charge is 2.20. The van der Waals surface area contributed by atoms with Crippen LogP contribution in [0.5, 0.6) is 0 Å². The lowest BCUT2D eigenvalue weighted by atomic mass is 10.2. The normalized spacial score (nSPS) is 11.0. The Morgan fingerprint density at radius 2 is 1.07 bits per heavy atom. The number of nitrogens with one attached hydrogen (secondary N) is 1. The summed E-state index contributed by atoms with van der Waals surface area (Å²) in [5, 5.41) is 2.97. The first-order valence-corrected chi connectivity index (χ1v) is 9.74. The van der Waals surface area contributed by atoms with Crippen molar-refractivity contribution in [2.45, 2.75) is 59.7 Å². The third kappa shape index (κ3) is 17.8. The van der Waals surface area contributed by atoms with E-state index in [-0.39, 0.29) is 18.1 Å². The maximum absolute atomic E-state index is 11.5. The largest absolute Gasteiger partial charge is 0.444 e. The summed E-state index contributed by atoms with van der Waals surface area (Å²) in [6, 6.07) is 0. The highest BCUT2D eigenvalue weighted by Crippen LogP contribution is 2.09. The molecule has 0 aliphatic heterocycles. The summed E-state index contributed by atoms with van der Waals surface area (Å²) in [5.41, 5.74) is -0.900. The van der Waals surface area contributed by atoms with Crippen molar-refractivity contribution in [3.63, 3.8) is 0 Å². The number of hydrogen-bond donors (Lipinski definition) is 1. The van der Waals surface area contributed by atoms with Crippen molar-refractivity contribution in [3.8, 4) is 0 Å². The van der Waals surface area contributed by atoms with Crippen molar-refractivity contribution in [1.82, 2.24) is 20.0 Å². The quantitative estimate of drug-likeness (QED) is 0.712. The van der Waals surface area contributed by atoms with Crippen LogP contribution in [0.1, 0.15) is 48.5 Å². The predicted molar refractivity (Wildman–Crippen MR) is 115 cm³/mol. The zero-order valence-electron chi connectivity index (χ0n) is 20.2. The minimum absolute atomic E-state index is 0.0161. The summed E-state index contributed by atoms with van der Waals surface area (Å²) < 4.78 is 10.3. The maximum Gasteiger partial charge on any atom is 0.410 e. The molecule has 0 fully saturated rings. The molecule has 0 aromatic carbocycles. The first-order valence-electron chi connectivity index (χ1n) is 9.74. The first kappa shape index (κ1) is 29.2. The summed E-state index contributed by atoms with van der Waals surface area (Å²) in [4.78, 5) is 38.4. The van der Waals surface area contributed by atoms with Crippen molar-refractivity contribution < 1.29 is 23.9 Å². The molecular weight excluding hydrogens is 376 g/mol. The zero-order chi connectivity index (χ0) is 23.4. The number of ether oxygens (including phenoxy) is 2. The third-order valence-electron chi connectivity index (χ3n) is 3.42. The molecular formula is C20H42N4O5. The minimum atomic E-state index is -0.488. The molecule has 0 saturated heterocycles. The molecule has 0 aliphatic carbocycles. The van der Waals surface area contributed by atoms with Crippen LogP contribution in [0.4, 0.5) is 9.59 Å². The Morgan fingerprint density at radius 3 is 1.38 bits per heavy atom. The van der Waals surface area contributed by atoms with Crippen molar-refractivity contribution in [2.75, 3.05) is 54.4 Å². The number of amides is 3. The van der Waals surface area contributed by atoms with Crippen molar-refractivity contribution in [2.24, 2.45) is 0 Å². The molecule has 0 unspecified atom stereocenters. The lowest BCUT2D eigenvalue weighted by Crippen LogP contribution is -2.39. The van der Waals surface area contributed by atoms with Gasteiger partial charge >= 0.3 is 12.2 Å². The van der Waals surface area contributed by atoms with Crippen LogP contribution in [0.3, 0.4) is 0 Å². The second kappa shape index (κ2) is 13.2. The summed E-state index contributed by atoms with van der Waals surface area (Å²) in [5.74, 6) is -0.0161. The Bertz CT molecular complexity index is 512.